The van der Waals surface area contributed by atoms with Crippen molar-refractivity contribution in [1.29, 1.82) is 0 Å². The van der Waals surface area contributed by atoms with Gasteiger partial charge in [0.2, 0.25) is 0 Å². The maximum absolute atomic E-state index is 14.8. The molecular formula is C23H15ClFN7O4. The largest absolute Gasteiger partial charge is 0.365 e. The number of rotatable bonds is 6. The molecule has 0 atom stereocenters. The van der Waals surface area contributed by atoms with E-state index in [1.54, 1.807) is 0 Å². The van der Waals surface area contributed by atoms with Gasteiger partial charge in [-0.05, 0) is 36.4 Å². The van der Waals surface area contributed by atoms with Crippen LogP contribution in [0.5, 0.6) is 0 Å². The zero-order valence-electron chi connectivity index (χ0n) is 18.1. The number of pyridine rings is 2. The van der Waals surface area contributed by atoms with Gasteiger partial charge in [-0.25, -0.2) is 19.3 Å². The van der Waals surface area contributed by atoms with E-state index >= 15 is 0 Å². The standard InChI is InChI=1S/C23H15ClFN7O4/c24-12-3-6-17(29-11-12)31-22(35)19-18(27-7-8-28-19)21(34)30-16-5-4-13(10-15(16)25)32-9-1-2-14(20(26)33)23(32)36/h1-11H,(H2,26,33)(H,30,34)(H,29,31,35). The van der Waals surface area contributed by atoms with Crippen LogP contribution in [-0.2, 0) is 0 Å². The minimum Gasteiger partial charge on any atom is -0.365 e. The number of halogens is 2. The van der Waals surface area contributed by atoms with Crippen LogP contribution in [0.4, 0.5) is 15.9 Å². The van der Waals surface area contributed by atoms with Gasteiger partial charge in [0, 0.05) is 30.9 Å². The Morgan fingerprint density at radius 3 is 2.25 bits per heavy atom. The van der Waals surface area contributed by atoms with Gasteiger partial charge in [-0.3, -0.25) is 23.7 Å². The van der Waals surface area contributed by atoms with Crippen molar-refractivity contribution in [3.63, 3.8) is 0 Å². The Kier molecular flexibility index (Phi) is 6.79. The Bertz CT molecular complexity index is 1560. The van der Waals surface area contributed by atoms with Gasteiger partial charge in [0.05, 0.1) is 16.4 Å². The maximum Gasteiger partial charge on any atom is 0.277 e. The lowest BCUT2D eigenvalue weighted by Gasteiger charge is -2.11. The van der Waals surface area contributed by atoms with Crippen molar-refractivity contribution in [2.75, 3.05) is 10.6 Å². The molecule has 0 unspecified atom stereocenters. The highest BCUT2D eigenvalue weighted by Gasteiger charge is 2.22. The van der Waals surface area contributed by atoms with E-state index in [0.717, 1.165) is 10.6 Å². The number of aromatic nitrogens is 4. The van der Waals surface area contributed by atoms with Gasteiger partial charge >= 0.3 is 0 Å². The van der Waals surface area contributed by atoms with Crippen LogP contribution in [0.15, 0.2) is 72.0 Å². The number of benzene rings is 1. The van der Waals surface area contributed by atoms with Crippen molar-refractivity contribution in [1.82, 2.24) is 19.5 Å². The molecular weight excluding hydrogens is 493 g/mol. The Balaban J connectivity index is 1.57. The number of carbonyl (C=O) groups excluding carboxylic acids is 3. The second-order valence-corrected chi connectivity index (χ2v) is 7.59. The number of carbonyl (C=O) groups is 3. The van der Waals surface area contributed by atoms with Gasteiger partial charge in [-0.1, -0.05) is 11.6 Å². The van der Waals surface area contributed by atoms with E-state index in [9.17, 15) is 23.6 Å². The minimum absolute atomic E-state index is 0.0913. The van der Waals surface area contributed by atoms with Crippen LogP contribution in [0, 0.1) is 5.82 Å². The topological polar surface area (TPSA) is 162 Å². The monoisotopic (exact) mass is 507 g/mol. The number of nitrogens with zero attached hydrogens (tertiary/aromatic N) is 4. The zero-order valence-corrected chi connectivity index (χ0v) is 18.9. The summed E-state index contributed by atoms with van der Waals surface area (Å²) >= 11 is 5.78. The molecule has 13 heteroatoms. The van der Waals surface area contributed by atoms with E-state index in [1.165, 1.54) is 61.2 Å². The number of primary amides is 1. The van der Waals surface area contributed by atoms with Crippen molar-refractivity contribution in [3.05, 3.63) is 105 Å². The van der Waals surface area contributed by atoms with Crippen LogP contribution in [-0.4, -0.2) is 37.2 Å². The predicted molar refractivity (Wildman–Crippen MR) is 128 cm³/mol. The molecule has 0 aliphatic heterocycles. The van der Waals surface area contributed by atoms with Gasteiger partial charge in [0.15, 0.2) is 11.4 Å². The summed E-state index contributed by atoms with van der Waals surface area (Å²) < 4.78 is 15.9. The average molecular weight is 508 g/mol. The zero-order chi connectivity index (χ0) is 25.8. The molecule has 3 amide bonds. The average Bonchev–Trinajstić information content (AvgIpc) is 2.86. The van der Waals surface area contributed by atoms with Crippen LogP contribution < -0.4 is 21.9 Å². The first kappa shape index (κ1) is 24.2. The van der Waals surface area contributed by atoms with Gasteiger partial charge in [-0.15, -0.1) is 0 Å². The van der Waals surface area contributed by atoms with Crippen molar-refractivity contribution >= 4 is 40.8 Å². The fourth-order valence-electron chi connectivity index (χ4n) is 3.12. The summed E-state index contributed by atoms with van der Waals surface area (Å²) in [6, 6.07) is 9.18. The summed E-state index contributed by atoms with van der Waals surface area (Å²) in [6.45, 7) is 0. The minimum atomic E-state index is -0.922. The van der Waals surface area contributed by atoms with E-state index in [4.69, 9.17) is 17.3 Å². The van der Waals surface area contributed by atoms with Crippen molar-refractivity contribution < 1.29 is 18.8 Å². The van der Waals surface area contributed by atoms with E-state index in [0.29, 0.717) is 5.02 Å². The molecule has 0 fully saturated rings. The molecule has 3 heterocycles. The molecule has 0 saturated carbocycles. The Labute approximate surface area is 206 Å². The maximum atomic E-state index is 14.8. The Morgan fingerprint density at radius 1 is 0.944 bits per heavy atom. The Morgan fingerprint density at radius 2 is 1.64 bits per heavy atom. The highest BCUT2D eigenvalue weighted by molar-refractivity contribution is 6.30. The fourth-order valence-corrected chi connectivity index (χ4v) is 3.23. The summed E-state index contributed by atoms with van der Waals surface area (Å²) in [5.41, 5.74) is 3.35. The molecule has 4 aromatic rings. The van der Waals surface area contributed by atoms with Gasteiger partial charge < -0.3 is 16.4 Å². The first-order chi connectivity index (χ1) is 17.2. The number of anilines is 2. The predicted octanol–water partition coefficient (Wildman–Crippen LogP) is 2.42. The third kappa shape index (κ3) is 5.08. The molecule has 180 valence electrons. The van der Waals surface area contributed by atoms with E-state index in [-0.39, 0.29) is 34.1 Å². The molecule has 36 heavy (non-hydrogen) atoms. The summed E-state index contributed by atoms with van der Waals surface area (Å²) in [5, 5.41) is 5.16. The number of hydrogen-bond acceptors (Lipinski definition) is 7. The first-order valence-electron chi connectivity index (χ1n) is 10.1. The quantitative estimate of drug-likeness (QED) is 0.361. The van der Waals surface area contributed by atoms with Crippen molar-refractivity contribution in [3.8, 4) is 5.69 Å². The van der Waals surface area contributed by atoms with Crippen molar-refractivity contribution in [2.45, 2.75) is 0 Å². The smallest absolute Gasteiger partial charge is 0.277 e. The van der Waals surface area contributed by atoms with E-state index in [1.807, 2.05) is 0 Å². The third-order valence-corrected chi connectivity index (χ3v) is 5.01. The molecule has 3 aromatic heterocycles. The summed E-state index contributed by atoms with van der Waals surface area (Å²) in [5.74, 6) is -3.32. The molecule has 1 aromatic carbocycles. The van der Waals surface area contributed by atoms with E-state index < -0.39 is 29.1 Å². The number of amides is 3. The summed E-state index contributed by atoms with van der Waals surface area (Å²) in [7, 11) is 0. The van der Waals surface area contributed by atoms with E-state index in [2.05, 4.69) is 25.6 Å². The number of nitrogens with one attached hydrogen (secondary N) is 2. The lowest BCUT2D eigenvalue weighted by Crippen LogP contribution is -2.28. The molecule has 0 spiro atoms. The summed E-state index contributed by atoms with van der Waals surface area (Å²) in [6.07, 6.45) is 5.08. The normalized spacial score (nSPS) is 10.5. The molecule has 0 saturated heterocycles. The van der Waals surface area contributed by atoms with Crippen LogP contribution in [0.3, 0.4) is 0 Å². The molecule has 11 nitrogen and oxygen atoms in total. The second kappa shape index (κ2) is 10.1. The highest BCUT2D eigenvalue weighted by Crippen LogP contribution is 2.19. The molecule has 0 radical (unpaired) electrons. The lowest BCUT2D eigenvalue weighted by molar-refractivity contribution is 0.0982. The van der Waals surface area contributed by atoms with Gasteiger partial charge in [0.25, 0.3) is 23.3 Å². The van der Waals surface area contributed by atoms with Crippen LogP contribution in [0.1, 0.15) is 31.3 Å². The highest BCUT2D eigenvalue weighted by atomic mass is 35.5. The molecule has 0 aliphatic rings. The van der Waals surface area contributed by atoms with Crippen LogP contribution >= 0.6 is 11.6 Å². The number of hydrogen-bond donors (Lipinski definition) is 3. The SMILES string of the molecule is NC(=O)c1cccn(-c2ccc(NC(=O)c3nccnc3C(=O)Nc3ccc(Cl)cn3)c(F)c2)c1=O. The van der Waals surface area contributed by atoms with Crippen molar-refractivity contribution in [2.24, 2.45) is 5.73 Å². The lowest BCUT2D eigenvalue weighted by atomic mass is 10.2. The first-order valence-corrected chi connectivity index (χ1v) is 10.5. The van der Waals surface area contributed by atoms with Crippen LogP contribution in [0.25, 0.3) is 5.69 Å². The fraction of sp³-hybridized carbons (Fsp3) is 0. The summed E-state index contributed by atoms with van der Waals surface area (Å²) in [4.78, 5) is 61.0. The Hall–Kier alpha value is -4.97. The van der Waals surface area contributed by atoms with Gasteiger partial charge in [-0.2, -0.15) is 0 Å². The number of nitrogens with two attached hydrogens (primary N) is 1. The van der Waals surface area contributed by atoms with Crippen LogP contribution in [0.2, 0.25) is 5.02 Å². The molecule has 4 N–H and O–H groups in total. The third-order valence-electron chi connectivity index (χ3n) is 4.79. The molecule has 0 aliphatic carbocycles. The second-order valence-electron chi connectivity index (χ2n) is 7.15. The molecule has 4 rings (SSSR count). The molecule has 0 bridgehead atoms. The van der Waals surface area contributed by atoms with Gasteiger partial charge in [0.1, 0.15) is 17.2 Å².